The van der Waals surface area contributed by atoms with E-state index in [2.05, 4.69) is 20.6 Å². The number of aryl methyl sites for hydroxylation is 1. The summed E-state index contributed by atoms with van der Waals surface area (Å²) in [6.07, 6.45) is 3.41. The molecule has 0 aliphatic heterocycles. The Morgan fingerprint density at radius 2 is 1.90 bits per heavy atom. The number of anilines is 2. The van der Waals surface area contributed by atoms with Crippen molar-refractivity contribution in [1.29, 1.82) is 0 Å². The molecule has 0 unspecified atom stereocenters. The lowest BCUT2D eigenvalue weighted by Gasteiger charge is -2.25. The molecule has 0 saturated heterocycles. The number of pyridine rings is 1. The van der Waals surface area contributed by atoms with Crippen LogP contribution in [0.5, 0.6) is 0 Å². The first-order chi connectivity index (χ1) is 14.9. The number of aliphatic hydroxyl groups is 1. The maximum atomic E-state index is 12.4. The number of benzene rings is 1. The molecule has 31 heavy (non-hydrogen) atoms. The smallest absolute Gasteiger partial charge is 0.411 e. The third-order valence-electron chi connectivity index (χ3n) is 5.25. The SMILES string of the molecule is CC(=O)Nc1nc2ccc(-c3cnc(C)c(NC(=O)O[C@H]4CC[C@@H](O)CC4)c3)cc2s1. The van der Waals surface area contributed by atoms with Crippen molar-refractivity contribution in [3.05, 3.63) is 36.2 Å². The van der Waals surface area contributed by atoms with Gasteiger partial charge in [-0.1, -0.05) is 17.4 Å². The van der Waals surface area contributed by atoms with E-state index in [0.717, 1.165) is 21.3 Å². The van der Waals surface area contributed by atoms with Crippen LogP contribution in [0.2, 0.25) is 0 Å². The lowest BCUT2D eigenvalue weighted by atomic mass is 9.95. The van der Waals surface area contributed by atoms with E-state index >= 15 is 0 Å². The van der Waals surface area contributed by atoms with Crippen LogP contribution >= 0.6 is 11.3 Å². The van der Waals surface area contributed by atoms with Crippen molar-refractivity contribution in [2.45, 2.75) is 51.7 Å². The number of nitrogens with zero attached hydrogens (tertiary/aromatic N) is 2. The van der Waals surface area contributed by atoms with E-state index in [1.54, 1.807) is 6.20 Å². The molecule has 0 radical (unpaired) electrons. The Morgan fingerprint density at radius 1 is 1.13 bits per heavy atom. The number of carbonyl (C=O) groups is 2. The second-order valence-electron chi connectivity index (χ2n) is 7.70. The molecule has 1 fully saturated rings. The van der Waals surface area contributed by atoms with Gasteiger partial charge < -0.3 is 15.2 Å². The molecule has 1 aliphatic rings. The van der Waals surface area contributed by atoms with Crippen LogP contribution in [0, 0.1) is 6.92 Å². The molecule has 2 amide bonds. The number of aromatic nitrogens is 2. The third-order valence-corrected chi connectivity index (χ3v) is 6.18. The largest absolute Gasteiger partial charge is 0.446 e. The summed E-state index contributed by atoms with van der Waals surface area (Å²) in [7, 11) is 0. The summed E-state index contributed by atoms with van der Waals surface area (Å²) >= 11 is 1.40. The number of nitrogens with one attached hydrogen (secondary N) is 2. The van der Waals surface area contributed by atoms with Crippen molar-refractivity contribution in [3.63, 3.8) is 0 Å². The van der Waals surface area contributed by atoms with Gasteiger partial charge in [-0.15, -0.1) is 0 Å². The van der Waals surface area contributed by atoms with Gasteiger partial charge in [0, 0.05) is 18.7 Å². The molecule has 1 saturated carbocycles. The molecule has 9 heteroatoms. The van der Waals surface area contributed by atoms with Crippen molar-refractivity contribution in [3.8, 4) is 11.1 Å². The quantitative estimate of drug-likeness (QED) is 0.551. The molecular weight excluding hydrogens is 416 g/mol. The van der Waals surface area contributed by atoms with E-state index in [9.17, 15) is 14.7 Å². The molecule has 4 rings (SSSR count). The predicted octanol–water partition coefficient (Wildman–Crippen LogP) is 4.48. The first-order valence-corrected chi connectivity index (χ1v) is 11.0. The Kier molecular flexibility index (Phi) is 6.15. The van der Waals surface area contributed by atoms with Gasteiger partial charge in [0.15, 0.2) is 5.13 Å². The molecular formula is C22H24N4O4S. The fourth-order valence-corrected chi connectivity index (χ4v) is 4.53. The van der Waals surface area contributed by atoms with E-state index in [-0.39, 0.29) is 18.1 Å². The molecule has 2 aromatic heterocycles. The van der Waals surface area contributed by atoms with Crippen LogP contribution in [-0.2, 0) is 9.53 Å². The van der Waals surface area contributed by atoms with Gasteiger partial charge in [-0.3, -0.25) is 15.1 Å². The summed E-state index contributed by atoms with van der Waals surface area (Å²) in [6.45, 7) is 3.27. The molecule has 1 aromatic carbocycles. The zero-order valence-corrected chi connectivity index (χ0v) is 18.2. The van der Waals surface area contributed by atoms with E-state index in [1.807, 2.05) is 31.2 Å². The summed E-state index contributed by atoms with van der Waals surface area (Å²) in [4.78, 5) is 32.4. The highest BCUT2D eigenvalue weighted by molar-refractivity contribution is 7.22. The molecule has 3 N–H and O–H groups in total. The van der Waals surface area contributed by atoms with E-state index < -0.39 is 6.09 Å². The molecule has 1 aliphatic carbocycles. The monoisotopic (exact) mass is 440 g/mol. The number of amides is 2. The molecule has 162 valence electrons. The Bertz CT molecular complexity index is 1120. The summed E-state index contributed by atoms with van der Waals surface area (Å²) in [6, 6.07) is 7.68. The Morgan fingerprint density at radius 3 is 2.65 bits per heavy atom. The minimum atomic E-state index is -0.513. The van der Waals surface area contributed by atoms with Gasteiger partial charge in [0.25, 0.3) is 0 Å². The summed E-state index contributed by atoms with van der Waals surface area (Å²) < 4.78 is 6.45. The zero-order valence-electron chi connectivity index (χ0n) is 17.3. The maximum absolute atomic E-state index is 12.4. The minimum Gasteiger partial charge on any atom is -0.446 e. The Balaban J connectivity index is 1.50. The number of hydrogen-bond donors (Lipinski definition) is 3. The first-order valence-electron chi connectivity index (χ1n) is 10.2. The van der Waals surface area contributed by atoms with Crippen molar-refractivity contribution in [2.24, 2.45) is 0 Å². The van der Waals surface area contributed by atoms with E-state index in [1.165, 1.54) is 18.3 Å². The fourth-order valence-electron chi connectivity index (χ4n) is 3.58. The number of rotatable bonds is 4. The molecule has 0 spiro atoms. The third kappa shape index (κ3) is 5.18. The Hall–Kier alpha value is -3.04. The molecule has 2 heterocycles. The van der Waals surface area contributed by atoms with Crippen molar-refractivity contribution in [1.82, 2.24) is 9.97 Å². The van der Waals surface area contributed by atoms with Crippen LogP contribution < -0.4 is 10.6 Å². The van der Waals surface area contributed by atoms with E-state index in [0.29, 0.717) is 42.2 Å². The molecule has 0 atom stereocenters. The summed E-state index contributed by atoms with van der Waals surface area (Å²) in [5.41, 5.74) is 3.85. The second kappa shape index (κ2) is 8.99. The van der Waals surface area contributed by atoms with Crippen molar-refractivity contribution < 1.29 is 19.4 Å². The van der Waals surface area contributed by atoms with Crippen LogP contribution in [0.4, 0.5) is 15.6 Å². The topological polar surface area (TPSA) is 113 Å². The van der Waals surface area contributed by atoms with Gasteiger partial charge >= 0.3 is 6.09 Å². The number of thiazole rings is 1. The second-order valence-corrected chi connectivity index (χ2v) is 8.73. The molecule has 0 bridgehead atoms. The van der Waals surface area contributed by atoms with Crippen molar-refractivity contribution in [2.75, 3.05) is 10.6 Å². The zero-order chi connectivity index (χ0) is 22.0. The summed E-state index contributed by atoms with van der Waals surface area (Å²) in [5, 5.41) is 15.7. The van der Waals surface area contributed by atoms with E-state index in [4.69, 9.17) is 4.74 Å². The van der Waals surface area contributed by atoms with Crippen molar-refractivity contribution >= 4 is 44.4 Å². The van der Waals surface area contributed by atoms with Crippen LogP contribution in [0.15, 0.2) is 30.5 Å². The summed E-state index contributed by atoms with van der Waals surface area (Å²) in [5.74, 6) is -0.158. The van der Waals surface area contributed by atoms with Gasteiger partial charge in [0.05, 0.1) is 27.7 Å². The number of carbonyl (C=O) groups excluding carboxylic acids is 2. The normalized spacial score (nSPS) is 18.5. The standard InChI is InChI=1S/C22H24N4O4S/c1-12-19(26-22(29)30-17-6-4-16(28)5-7-17)9-15(11-23-12)14-3-8-18-20(10-14)31-21(25-18)24-13(2)27/h3,8-11,16-17,28H,4-7H2,1-2H3,(H,26,29)(H,24,25,27)/t16-,17+. The highest BCUT2D eigenvalue weighted by Crippen LogP contribution is 2.32. The highest BCUT2D eigenvalue weighted by atomic mass is 32.1. The number of aliphatic hydroxyl groups excluding tert-OH is 1. The first kappa shape index (κ1) is 21.2. The average Bonchev–Trinajstić information content (AvgIpc) is 3.12. The lowest BCUT2D eigenvalue weighted by Crippen LogP contribution is -2.28. The average molecular weight is 441 g/mol. The predicted molar refractivity (Wildman–Crippen MR) is 120 cm³/mol. The number of ether oxygens (including phenoxy) is 1. The van der Waals surface area contributed by atoms with Gasteiger partial charge in [-0.25, -0.2) is 9.78 Å². The number of hydrogen-bond acceptors (Lipinski definition) is 7. The van der Waals surface area contributed by atoms with Crippen LogP contribution in [-0.4, -0.2) is 39.3 Å². The lowest BCUT2D eigenvalue weighted by molar-refractivity contribution is -0.114. The van der Waals surface area contributed by atoms with Gasteiger partial charge in [-0.2, -0.15) is 0 Å². The molecule has 8 nitrogen and oxygen atoms in total. The maximum Gasteiger partial charge on any atom is 0.411 e. The van der Waals surface area contributed by atoms with Gasteiger partial charge in [-0.05, 0) is 56.4 Å². The molecule has 3 aromatic rings. The van der Waals surface area contributed by atoms with Crippen LogP contribution in [0.3, 0.4) is 0 Å². The minimum absolute atomic E-state index is 0.158. The highest BCUT2D eigenvalue weighted by Gasteiger charge is 2.22. The van der Waals surface area contributed by atoms with Gasteiger partial charge in [0.2, 0.25) is 5.91 Å². The Labute approximate surface area is 183 Å². The number of fused-ring (bicyclic) bond motifs is 1. The van der Waals surface area contributed by atoms with Gasteiger partial charge in [0.1, 0.15) is 6.10 Å². The van der Waals surface area contributed by atoms with Crippen LogP contribution in [0.25, 0.3) is 21.3 Å². The fraction of sp³-hybridized carbons (Fsp3) is 0.364. The van der Waals surface area contributed by atoms with Crippen LogP contribution in [0.1, 0.15) is 38.3 Å².